The Labute approximate surface area is 217 Å². The van der Waals surface area contributed by atoms with Crippen molar-refractivity contribution >= 4 is 34.1 Å². The second kappa shape index (κ2) is 14.2. The van der Waals surface area contributed by atoms with Crippen molar-refractivity contribution < 1.29 is 0 Å². The summed E-state index contributed by atoms with van der Waals surface area (Å²) < 4.78 is 0. The molecule has 36 heavy (non-hydrogen) atoms. The number of hydrogen-bond acceptors (Lipinski definition) is 2. The number of hydrogen-bond donors (Lipinski definition) is 0. The average Bonchev–Trinajstić information content (AvgIpc) is 2.99. The number of benzene rings is 5. The van der Waals surface area contributed by atoms with Gasteiger partial charge in [0.15, 0.2) is 0 Å². The molecule has 5 aromatic rings. The molecule has 0 saturated heterocycles. The van der Waals surface area contributed by atoms with Crippen molar-refractivity contribution in [3.63, 3.8) is 0 Å². The van der Waals surface area contributed by atoms with Crippen molar-refractivity contribution in [1.29, 1.82) is 0 Å². The lowest BCUT2D eigenvalue weighted by atomic mass is 10.1. The molecule has 0 bridgehead atoms. The van der Waals surface area contributed by atoms with Crippen LogP contribution in [0.4, 0.5) is 34.1 Å². The quantitative estimate of drug-likeness (QED) is 0.242. The number of rotatable bonds is 6. The molecule has 0 radical (unpaired) electrons. The van der Waals surface area contributed by atoms with Crippen LogP contribution in [0.15, 0.2) is 146 Å². The largest absolute Gasteiger partial charge is 0.311 e. The van der Waals surface area contributed by atoms with Gasteiger partial charge < -0.3 is 9.80 Å². The summed E-state index contributed by atoms with van der Waals surface area (Å²) in [6.45, 7) is 8.00. The topological polar surface area (TPSA) is 6.48 Å². The standard InChI is InChI=1S/C30H24N2.2C2H6/c1-5-13-25(14-6-1)31(26-15-7-2-8-16-26)29-21-23-30(24-22-29)32(27-17-9-3-10-18-27)28-19-11-4-12-20-28;2*1-2/h1-24H;2*1-2H3. The van der Waals surface area contributed by atoms with E-state index in [1.54, 1.807) is 0 Å². The molecule has 0 amide bonds. The molecular formula is C34H36N2. The Morgan fingerprint density at radius 3 is 0.611 bits per heavy atom. The molecule has 0 atom stereocenters. The minimum Gasteiger partial charge on any atom is -0.311 e. The zero-order valence-corrected chi connectivity index (χ0v) is 21.8. The van der Waals surface area contributed by atoms with Gasteiger partial charge in [0.1, 0.15) is 0 Å². The molecule has 0 aliphatic rings. The third kappa shape index (κ3) is 6.43. The molecule has 0 aliphatic heterocycles. The summed E-state index contributed by atoms with van der Waals surface area (Å²) in [7, 11) is 0. The van der Waals surface area contributed by atoms with E-state index in [0.29, 0.717) is 0 Å². The summed E-state index contributed by atoms with van der Waals surface area (Å²) in [6, 6.07) is 50.7. The predicted molar refractivity (Wildman–Crippen MR) is 159 cm³/mol. The van der Waals surface area contributed by atoms with Crippen molar-refractivity contribution in [2.45, 2.75) is 27.7 Å². The zero-order chi connectivity index (χ0) is 25.6. The van der Waals surface area contributed by atoms with Crippen LogP contribution in [0.25, 0.3) is 0 Å². The highest BCUT2D eigenvalue weighted by atomic mass is 15.2. The monoisotopic (exact) mass is 472 g/mol. The lowest BCUT2D eigenvalue weighted by Gasteiger charge is -2.28. The van der Waals surface area contributed by atoms with E-state index in [-0.39, 0.29) is 0 Å². The van der Waals surface area contributed by atoms with E-state index in [0.717, 1.165) is 34.1 Å². The van der Waals surface area contributed by atoms with Crippen LogP contribution in [-0.2, 0) is 0 Å². The SMILES string of the molecule is CC.CC.c1ccc(N(c2ccccc2)c2ccc(N(c3ccccc3)c3ccccc3)cc2)cc1. The van der Waals surface area contributed by atoms with Crippen molar-refractivity contribution in [1.82, 2.24) is 0 Å². The molecule has 5 aromatic carbocycles. The summed E-state index contributed by atoms with van der Waals surface area (Å²) in [5, 5.41) is 0. The van der Waals surface area contributed by atoms with Crippen molar-refractivity contribution in [2.24, 2.45) is 0 Å². The van der Waals surface area contributed by atoms with Crippen LogP contribution >= 0.6 is 0 Å². The van der Waals surface area contributed by atoms with Gasteiger partial charge >= 0.3 is 0 Å². The highest BCUT2D eigenvalue weighted by molar-refractivity contribution is 5.80. The summed E-state index contributed by atoms with van der Waals surface area (Å²) >= 11 is 0. The first-order valence-corrected chi connectivity index (χ1v) is 12.8. The fraction of sp³-hybridized carbons (Fsp3) is 0.118. The van der Waals surface area contributed by atoms with Gasteiger partial charge in [-0.15, -0.1) is 0 Å². The normalized spacial score (nSPS) is 9.67. The fourth-order valence-corrected chi connectivity index (χ4v) is 3.95. The van der Waals surface area contributed by atoms with Gasteiger partial charge in [0.05, 0.1) is 0 Å². The Kier molecular flexibility index (Phi) is 10.4. The van der Waals surface area contributed by atoms with Gasteiger partial charge in [0, 0.05) is 34.1 Å². The maximum atomic E-state index is 2.28. The summed E-state index contributed by atoms with van der Waals surface area (Å²) in [6.07, 6.45) is 0. The first kappa shape index (κ1) is 26.3. The van der Waals surface area contributed by atoms with E-state index in [1.807, 2.05) is 52.0 Å². The van der Waals surface area contributed by atoms with Gasteiger partial charge in [-0.2, -0.15) is 0 Å². The Bertz CT molecular complexity index is 1060. The summed E-state index contributed by atoms with van der Waals surface area (Å²) in [5.74, 6) is 0. The Balaban J connectivity index is 0.000000861. The van der Waals surface area contributed by atoms with Crippen LogP contribution in [-0.4, -0.2) is 0 Å². The van der Waals surface area contributed by atoms with Gasteiger partial charge in [0.25, 0.3) is 0 Å². The molecular weight excluding hydrogens is 436 g/mol. The molecule has 0 aliphatic carbocycles. The molecule has 5 rings (SSSR count). The minimum atomic E-state index is 1.12. The van der Waals surface area contributed by atoms with E-state index < -0.39 is 0 Å². The molecule has 0 unspecified atom stereocenters. The van der Waals surface area contributed by atoms with Gasteiger partial charge in [0.2, 0.25) is 0 Å². The molecule has 0 N–H and O–H groups in total. The molecule has 182 valence electrons. The van der Waals surface area contributed by atoms with E-state index in [4.69, 9.17) is 0 Å². The number of anilines is 6. The van der Waals surface area contributed by atoms with E-state index in [9.17, 15) is 0 Å². The predicted octanol–water partition coefficient (Wildman–Crippen LogP) is 10.7. The second-order valence-corrected chi connectivity index (χ2v) is 7.53. The molecule has 2 heteroatoms. The Hall–Kier alpha value is -4.30. The van der Waals surface area contributed by atoms with Crippen molar-refractivity contribution in [2.75, 3.05) is 9.80 Å². The zero-order valence-electron chi connectivity index (χ0n) is 21.8. The smallest absolute Gasteiger partial charge is 0.0463 e. The molecule has 2 nitrogen and oxygen atoms in total. The lowest BCUT2D eigenvalue weighted by molar-refractivity contribution is 1.26. The molecule has 0 fully saturated rings. The molecule has 0 heterocycles. The Morgan fingerprint density at radius 2 is 0.417 bits per heavy atom. The lowest BCUT2D eigenvalue weighted by Crippen LogP contribution is -2.12. The van der Waals surface area contributed by atoms with Gasteiger partial charge in [-0.05, 0) is 72.8 Å². The van der Waals surface area contributed by atoms with E-state index >= 15 is 0 Å². The summed E-state index contributed by atoms with van der Waals surface area (Å²) in [4.78, 5) is 4.55. The minimum absolute atomic E-state index is 1.12. The highest BCUT2D eigenvalue weighted by Crippen LogP contribution is 2.38. The second-order valence-electron chi connectivity index (χ2n) is 7.53. The molecule has 0 spiro atoms. The van der Waals surface area contributed by atoms with Gasteiger partial charge in [-0.25, -0.2) is 0 Å². The van der Waals surface area contributed by atoms with Gasteiger partial charge in [-0.3, -0.25) is 0 Å². The van der Waals surface area contributed by atoms with Crippen molar-refractivity contribution in [3.05, 3.63) is 146 Å². The van der Waals surface area contributed by atoms with Crippen molar-refractivity contribution in [3.8, 4) is 0 Å². The van der Waals surface area contributed by atoms with Crippen LogP contribution < -0.4 is 9.80 Å². The summed E-state index contributed by atoms with van der Waals surface area (Å²) in [5.41, 5.74) is 6.77. The van der Waals surface area contributed by atoms with Crippen LogP contribution in [0, 0.1) is 0 Å². The average molecular weight is 473 g/mol. The fourth-order valence-electron chi connectivity index (χ4n) is 3.95. The first-order valence-electron chi connectivity index (χ1n) is 12.8. The molecule has 0 aromatic heterocycles. The Morgan fingerprint density at radius 1 is 0.250 bits per heavy atom. The highest BCUT2D eigenvalue weighted by Gasteiger charge is 2.15. The van der Waals surface area contributed by atoms with E-state index in [1.165, 1.54) is 0 Å². The number of para-hydroxylation sites is 4. The van der Waals surface area contributed by atoms with Crippen LogP contribution in [0.3, 0.4) is 0 Å². The van der Waals surface area contributed by atoms with E-state index in [2.05, 4.69) is 131 Å². The van der Waals surface area contributed by atoms with Crippen LogP contribution in [0.1, 0.15) is 27.7 Å². The maximum absolute atomic E-state index is 2.28. The first-order chi connectivity index (χ1) is 17.9. The maximum Gasteiger partial charge on any atom is 0.0463 e. The third-order valence-corrected chi connectivity index (χ3v) is 5.42. The number of nitrogens with zero attached hydrogens (tertiary/aromatic N) is 2. The molecule has 0 saturated carbocycles. The van der Waals surface area contributed by atoms with Crippen LogP contribution in [0.5, 0.6) is 0 Å². The van der Waals surface area contributed by atoms with Gasteiger partial charge in [-0.1, -0.05) is 100 Å². The van der Waals surface area contributed by atoms with Crippen LogP contribution in [0.2, 0.25) is 0 Å². The third-order valence-electron chi connectivity index (χ3n) is 5.42.